The number of fused-ring (bicyclic) bond motifs is 1. The number of aromatic amines is 1. The Morgan fingerprint density at radius 2 is 1.47 bits per heavy atom. The molecule has 1 aliphatic heterocycles. The van der Waals surface area contributed by atoms with Gasteiger partial charge in [0, 0.05) is 50.4 Å². The smallest absolute Gasteiger partial charge is 0.327 e. The van der Waals surface area contributed by atoms with Crippen molar-refractivity contribution in [1.82, 2.24) is 24.8 Å². The number of anilines is 1. The summed E-state index contributed by atoms with van der Waals surface area (Å²) in [6.07, 6.45) is 4.41. The van der Waals surface area contributed by atoms with Crippen LogP contribution in [-0.4, -0.2) is 75.8 Å². The summed E-state index contributed by atoms with van der Waals surface area (Å²) in [6, 6.07) is 25.0. The van der Waals surface area contributed by atoms with Crippen LogP contribution in [0.25, 0.3) is 11.2 Å². The fraction of sp³-hybridized carbons (Fsp3) is 0.381. The molecule has 2 aromatic heterocycles. The molecule has 0 aliphatic carbocycles. The minimum absolute atomic E-state index is 0.0413. The lowest BCUT2D eigenvalue weighted by Crippen LogP contribution is -2.50. The molecular weight excluding hydrogens is 761 g/mol. The Kier molecular flexibility index (Phi) is 11.8. The molecule has 2 N–H and O–H groups in total. The Bertz CT molecular complexity index is 2360. The fourth-order valence-electron chi connectivity index (χ4n) is 6.80. The third kappa shape index (κ3) is 9.16. The first-order valence-electron chi connectivity index (χ1n) is 18.8. The van der Waals surface area contributed by atoms with E-state index in [0.29, 0.717) is 31.2 Å². The van der Waals surface area contributed by atoms with Gasteiger partial charge in [0.1, 0.15) is 17.0 Å². The van der Waals surface area contributed by atoms with Crippen molar-refractivity contribution in [2.24, 2.45) is 5.41 Å². The van der Waals surface area contributed by atoms with Crippen LogP contribution in [0.15, 0.2) is 101 Å². The van der Waals surface area contributed by atoms with E-state index in [-0.39, 0.29) is 46.9 Å². The normalized spacial score (nSPS) is 16.7. The largest absolute Gasteiger partial charge is 0.497 e. The Morgan fingerprint density at radius 3 is 1.96 bits per heavy atom. The van der Waals surface area contributed by atoms with Crippen molar-refractivity contribution < 1.29 is 27.1 Å². The second-order valence-electron chi connectivity index (χ2n) is 16.2. The van der Waals surface area contributed by atoms with Crippen LogP contribution < -0.4 is 25.4 Å². The number of carbonyl (C=O) groups excluding carboxylic acids is 1. The molecule has 0 spiro atoms. The van der Waals surface area contributed by atoms with Crippen LogP contribution in [0.5, 0.6) is 11.5 Å². The minimum Gasteiger partial charge on any atom is -0.497 e. The molecule has 13 nitrogen and oxygen atoms in total. The number of hydrogen-bond acceptors (Lipinski definition) is 10. The lowest BCUT2D eigenvalue weighted by molar-refractivity contribution is -0.117. The fourth-order valence-corrected chi connectivity index (χ4v) is 8.32. The summed E-state index contributed by atoms with van der Waals surface area (Å²) in [5.41, 5.74) is 1.79. The molecule has 0 saturated carbocycles. The van der Waals surface area contributed by atoms with Crippen LogP contribution in [0.4, 0.5) is 5.82 Å². The van der Waals surface area contributed by atoms with Crippen molar-refractivity contribution in [3.8, 4) is 11.5 Å². The first-order valence-corrected chi connectivity index (χ1v) is 23.6. The summed E-state index contributed by atoms with van der Waals surface area (Å²) >= 11 is 0. The van der Waals surface area contributed by atoms with Gasteiger partial charge in [0.25, 0.3) is 5.16 Å². The molecule has 3 aromatic carbocycles. The zero-order valence-electron chi connectivity index (χ0n) is 33.8. The van der Waals surface area contributed by atoms with Crippen molar-refractivity contribution in [3.05, 3.63) is 118 Å². The van der Waals surface area contributed by atoms with Gasteiger partial charge in [-0.15, -0.1) is 0 Å². The topological polar surface area (TPSA) is 158 Å². The molecule has 3 heterocycles. The van der Waals surface area contributed by atoms with Crippen molar-refractivity contribution in [2.75, 3.05) is 38.5 Å². The third-order valence-electron chi connectivity index (χ3n) is 11.2. The summed E-state index contributed by atoms with van der Waals surface area (Å²) in [4.78, 5) is 41.1. The predicted octanol–water partition coefficient (Wildman–Crippen LogP) is 6.23. The second-order valence-corrected chi connectivity index (χ2v) is 22.9. The summed E-state index contributed by atoms with van der Waals surface area (Å²) in [5.74, 6) is 1.06. The lowest BCUT2D eigenvalue weighted by Gasteiger charge is -2.43. The molecule has 2 atom stereocenters. The van der Waals surface area contributed by atoms with E-state index in [1.54, 1.807) is 14.2 Å². The van der Waals surface area contributed by atoms with Gasteiger partial charge in [0.05, 0.1) is 14.2 Å². The highest BCUT2D eigenvalue weighted by Gasteiger charge is 2.44. The number of ether oxygens (including phenoxy) is 2. The summed E-state index contributed by atoms with van der Waals surface area (Å²) in [6.45, 7) is 12.1. The number of methoxy groups -OCH3 is 2. The van der Waals surface area contributed by atoms with Crippen molar-refractivity contribution in [2.45, 2.75) is 69.6 Å². The van der Waals surface area contributed by atoms with Crippen molar-refractivity contribution >= 4 is 41.0 Å². The number of imidazole rings is 1. The van der Waals surface area contributed by atoms with E-state index in [4.69, 9.17) is 13.9 Å². The van der Waals surface area contributed by atoms with Gasteiger partial charge in [-0.05, 0) is 65.2 Å². The van der Waals surface area contributed by atoms with E-state index >= 15 is 0 Å². The molecule has 6 rings (SSSR count). The summed E-state index contributed by atoms with van der Waals surface area (Å²) < 4.78 is 45.8. The molecule has 0 saturated heterocycles. The van der Waals surface area contributed by atoms with Gasteiger partial charge in [-0.2, -0.15) is 9.97 Å². The number of amides is 1. The van der Waals surface area contributed by atoms with E-state index in [0.717, 1.165) is 22.9 Å². The Balaban J connectivity index is 1.53. The van der Waals surface area contributed by atoms with Crippen LogP contribution in [0.3, 0.4) is 0 Å². The molecule has 0 radical (unpaired) electrons. The molecule has 5 aromatic rings. The van der Waals surface area contributed by atoms with Gasteiger partial charge in [0.2, 0.25) is 15.7 Å². The first-order chi connectivity index (χ1) is 26.9. The standard InChI is InChI=1S/C42H52N6O7SSi/c1-41(2,3)57(7,8)55-26-34(31-12-10-9-11-13-31)42(23-22-35(49)43-27-42)28-48-38-36(44-40(48)50)37(45-39(46-38)56(6,51)52)47(24-29-14-18-32(53-4)19-15-29)25-30-16-20-33(54-5)21-17-30/h9-23,34H,24-28H2,1-8H3,(H,43,49)(H,44,50). The van der Waals surface area contributed by atoms with Gasteiger partial charge < -0.3 is 29.1 Å². The zero-order valence-corrected chi connectivity index (χ0v) is 35.6. The van der Waals surface area contributed by atoms with Crippen LogP contribution in [0.2, 0.25) is 18.1 Å². The predicted molar refractivity (Wildman–Crippen MR) is 224 cm³/mol. The molecule has 2 unspecified atom stereocenters. The van der Waals surface area contributed by atoms with Gasteiger partial charge in [-0.1, -0.05) is 81.4 Å². The summed E-state index contributed by atoms with van der Waals surface area (Å²) in [7, 11) is -3.04. The molecule has 15 heteroatoms. The number of carbonyl (C=O) groups is 1. The number of aromatic nitrogens is 4. The molecule has 1 amide bonds. The number of benzene rings is 3. The van der Waals surface area contributed by atoms with E-state index in [9.17, 15) is 18.0 Å². The second kappa shape index (κ2) is 16.3. The van der Waals surface area contributed by atoms with Crippen LogP contribution in [0, 0.1) is 5.41 Å². The molecule has 0 fully saturated rings. The number of nitrogens with zero attached hydrogens (tertiary/aromatic N) is 4. The Labute approximate surface area is 335 Å². The van der Waals surface area contributed by atoms with E-state index in [1.165, 1.54) is 10.6 Å². The monoisotopic (exact) mass is 812 g/mol. The average molecular weight is 813 g/mol. The maximum absolute atomic E-state index is 14.3. The molecule has 57 heavy (non-hydrogen) atoms. The number of sulfone groups is 1. The van der Waals surface area contributed by atoms with Gasteiger partial charge >= 0.3 is 5.69 Å². The highest BCUT2D eigenvalue weighted by Crippen LogP contribution is 2.44. The number of rotatable bonds is 15. The maximum Gasteiger partial charge on any atom is 0.327 e. The van der Waals surface area contributed by atoms with Crippen LogP contribution in [0.1, 0.15) is 43.4 Å². The maximum atomic E-state index is 14.3. The highest BCUT2D eigenvalue weighted by atomic mass is 32.2. The van der Waals surface area contributed by atoms with Crippen molar-refractivity contribution in [1.29, 1.82) is 0 Å². The molecule has 302 valence electrons. The van der Waals surface area contributed by atoms with E-state index in [2.05, 4.69) is 54.1 Å². The van der Waals surface area contributed by atoms with Crippen molar-refractivity contribution in [3.63, 3.8) is 0 Å². The molecule has 0 bridgehead atoms. The van der Waals surface area contributed by atoms with Gasteiger partial charge in [-0.3, -0.25) is 9.36 Å². The van der Waals surface area contributed by atoms with Gasteiger partial charge in [-0.25, -0.2) is 13.2 Å². The van der Waals surface area contributed by atoms with E-state index in [1.807, 2.05) is 89.8 Å². The third-order valence-corrected chi connectivity index (χ3v) is 16.5. The zero-order chi connectivity index (χ0) is 41.2. The minimum atomic E-state index is -3.97. The highest BCUT2D eigenvalue weighted by molar-refractivity contribution is 7.90. The Hall–Kier alpha value is -5.25. The number of H-pyrrole nitrogens is 1. The molecule has 1 aliphatic rings. The van der Waals surface area contributed by atoms with Gasteiger partial charge in [0.15, 0.2) is 19.8 Å². The van der Waals surface area contributed by atoms with Crippen LogP contribution in [-0.2, 0) is 38.7 Å². The molecular formula is C42H52N6O7SSi. The first kappa shape index (κ1) is 41.4. The SMILES string of the molecule is COc1ccc(CN(Cc2ccc(OC)cc2)c2nc(S(C)(=O)=O)nc3c2[nH]c(=O)n3CC2(C(CO[Si](C)(C)C(C)(C)C)c3ccccc3)C=CC(=O)NC2)cc1. The Morgan fingerprint density at radius 1 is 0.895 bits per heavy atom. The lowest BCUT2D eigenvalue weighted by atomic mass is 9.70. The summed E-state index contributed by atoms with van der Waals surface area (Å²) in [5, 5.41) is 2.53. The average Bonchev–Trinajstić information content (AvgIpc) is 3.49. The van der Waals surface area contributed by atoms with Crippen LogP contribution >= 0.6 is 0 Å². The number of nitrogens with one attached hydrogen (secondary N) is 2. The van der Waals surface area contributed by atoms with E-state index < -0.39 is 34.4 Å². The number of hydrogen-bond donors (Lipinski definition) is 2. The quantitative estimate of drug-likeness (QED) is 0.0919.